The summed E-state index contributed by atoms with van der Waals surface area (Å²) in [4.78, 5) is 2.15. The average molecular weight is 361 g/mol. The summed E-state index contributed by atoms with van der Waals surface area (Å²) in [7, 11) is 4.09. The molecule has 1 aliphatic carbocycles. The maximum absolute atomic E-state index is 13.3. The molecule has 1 nitrogen and oxygen atoms in total. The first-order valence-corrected chi connectivity index (χ1v) is 9.27. The van der Waals surface area contributed by atoms with Crippen LogP contribution in [0.3, 0.4) is 0 Å². The number of hydrogen-bond donors (Lipinski definition) is 0. The Balaban J connectivity index is 2.07. The van der Waals surface area contributed by atoms with Crippen molar-refractivity contribution >= 4 is 0 Å². The third-order valence-electron chi connectivity index (χ3n) is 5.42. The van der Waals surface area contributed by atoms with Crippen molar-refractivity contribution in [2.75, 3.05) is 20.6 Å². The van der Waals surface area contributed by atoms with Crippen LogP contribution in [-0.2, 0) is 6.18 Å². The molecular formula is C22H26F3N. The minimum Gasteiger partial charge on any atom is -0.309 e. The molecule has 0 amide bonds. The van der Waals surface area contributed by atoms with Gasteiger partial charge in [0.2, 0.25) is 0 Å². The van der Waals surface area contributed by atoms with E-state index in [1.165, 1.54) is 23.3 Å². The van der Waals surface area contributed by atoms with E-state index in [2.05, 4.69) is 24.0 Å². The standard InChI is InChI=1S/C22H26F3N/c1-4-16-17-8-5-6-9-18(17)19(10-7-13-26(2)3)20-12-11-15(14-21(16)20)22(23,24)25/h5-6,8-9,11-12,14,16,19H,4,7,10,13H2,1-3H3. The van der Waals surface area contributed by atoms with E-state index >= 15 is 0 Å². The van der Waals surface area contributed by atoms with Gasteiger partial charge >= 0.3 is 6.18 Å². The van der Waals surface area contributed by atoms with E-state index in [0.29, 0.717) is 0 Å². The maximum Gasteiger partial charge on any atom is 0.416 e. The van der Waals surface area contributed by atoms with Gasteiger partial charge < -0.3 is 4.90 Å². The van der Waals surface area contributed by atoms with Gasteiger partial charge in [0.05, 0.1) is 5.56 Å². The summed E-state index contributed by atoms with van der Waals surface area (Å²) in [6.45, 7) is 3.03. The average Bonchev–Trinajstić information content (AvgIpc) is 2.59. The molecule has 4 heteroatoms. The van der Waals surface area contributed by atoms with Crippen molar-refractivity contribution in [3.05, 3.63) is 70.3 Å². The fourth-order valence-electron chi connectivity index (χ4n) is 4.21. The highest BCUT2D eigenvalue weighted by Crippen LogP contribution is 2.47. The first-order valence-electron chi connectivity index (χ1n) is 9.27. The van der Waals surface area contributed by atoms with Crippen LogP contribution in [0.25, 0.3) is 0 Å². The Morgan fingerprint density at radius 2 is 1.50 bits per heavy atom. The number of benzene rings is 2. The van der Waals surface area contributed by atoms with Crippen molar-refractivity contribution in [1.29, 1.82) is 0 Å². The van der Waals surface area contributed by atoms with E-state index in [1.807, 2.05) is 26.2 Å². The summed E-state index contributed by atoms with van der Waals surface area (Å²) in [6, 6.07) is 12.6. The van der Waals surface area contributed by atoms with E-state index < -0.39 is 11.7 Å². The Morgan fingerprint density at radius 1 is 0.885 bits per heavy atom. The van der Waals surface area contributed by atoms with E-state index in [4.69, 9.17) is 0 Å². The van der Waals surface area contributed by atoms with Crippen LogP contribution in [0, 0.1) is 0 Å². The highest BCUT2D eigenvalue weighted by molar-refractivity contribution is 5.53. The van der Waals surface area contributed by atoms with Crippen LogP contribution < -0.4 is 0 Å². The number of halogens is 3. The van der Waals surface area contributed by atoms with Gasteiger partial charge in [-0.05, 0) is 74.3 Å². The van der Waals surface area contributed by atoms with Crippen molar-refractivity contribution in [2.24, 2.45) is 0 Å². The van der Waals surface area contributed by atoms with Gasteiger partial charge in [0, 0.05) is 11.8 Å². The zero-order valence-electron chi connectivity index (χ0n) is 15.6. The molecule has 140 valence electrons. The van der Waals surface area contributed by atoms with Gasteiger partial charge in [-0.3, -0.25) is 0 Å². The Kier molecular flexibility index (Phi) is 5.42. The Hall–Kier alpha value is -1.81. The van der Waals surface area contributed by atoms with Crippen LogP contribution in [0.1, 0.15) is 65.8 Å². The molecule has 2 aromatic rings. The van der Waals surface area contributed by atoms with Gasteiger partial charge in [0.25, 0.3) is 0 Å². The number of rotatable bonds is 5. The maximum atomic E-state index is 13.3. The van der Waals surface area contributed by atoms with Crippen molar-refractivity contribution in [3.63, 3.8) is 0 Å². The highest BCUT2D eigenvalue weighted by atomic mass is 19.4. The smallest absolute Gasteiger partial charge is 0.309 e. The molecule has 0 saturated heterocycles. The van der Waals surface area contributed by atoms with E-state index in [-0.39, 0.29) is 11.8 Å². The van der Waals surface area contributed by atoms with Crippen LogP contribution in [0.4, 0.5) is 13.2 Å². The third kappa shape index (κ3) is 3.66. The molecule has 0 N–H and O–H groups in total. The molecule has 2 unspecified atom stereocenters. The molecule has 1 aliphatic rings. The molecule has 0 bridgehead atoms. The third-order valence-corrected chi connectivity index (χ3v) is 5.42. The lowest BCUT2D eigenvalue weighted by Crippen LogP contribution is -2.21. The molecule has 0 aromatic heterocycles. The summed E-state index contributed by atoms with van der Waals surface area (Å²) in [6.07, 6.45) is -1.53. The van der Waals surface area contributed by atoms with Gasteiger partial charge in [-0.1, -0.05) is 37.3 Å². The summed E-state index contributed by atoms with van der Waals surface area (Å²) in [5.74, 6) is 0.208. The molecular weight excluding hydrogens is 335 g/mol. The van der Waals surface area contributed by atoms with E-state index in [0.717, 1.165) is 36.9 Å². The fourth-order valence-corrected chi connectivity index (χ4v) is 4.21. The van der Waals surface area contributed by atoms with Gasteiger partial charge in [-0.2, -0.15) is 13.2 Å². The zero-order chi connectivity index (χ0) is 18.9. The van der Waals surface area contributed by atoms with Crippen LogP contribution in [-0.4, -0.2) is 25.5 Å². The van der Waals surface area contributed by atoms with Gasteiger partial charge in [0.1, 0.15) is 0 Å². The van der Waals surface area contributed by atoms with E-state index in [9.17, 15) is 13.2 Å². The summed E-state index contributed by atoms with van der Waals surface area (Å²) in [5.41, 5.74) is 3.86. The second kappa shape index (κ2) is 7.43. The number of hydrogen-bond acceptors (Lipinski definition) is 1. The fraction of sp³-hybridized carbons (Fsp3) is 0.455. The summed E-state index contributed by atoms with van der Waals surface area (Å²) < 4.78 is 39.8. The number of nitrogens with zero attached hydrogens (tertiary/aromatic N) is 1. The summed E-state index contributed by atoms with van der Waals surface area (Å²) in [5, 5.41) is 0. The molecule has 0 fully saturated rings. The van der Waals surface area contributed by atoms with Crippen molar-refractivity contribution in [3.8, 4) is 0 Å². The first kappa shape index (κ1) is 19.0. The summed E-state index contributed by atoms with van der Waals surface area (Å²) >= 11 is 0. The molecule has 0 saturated carbocycles. The topological polar surface area (TPSA) is 3.24 Å². The second-order valence-corrected chi connectivity index (χ2v) is 7.43. The van der Waals surface area contributed by atoms with Crippen LogP contribution in [0.5, 0.6) is 0 Å². The van der Waals surface area contributed by atoms with Gasteiger partial charge in [-0.15, -0.1) is 0 Å². The lowest BCUT2D eigenvalue weighted by atomic mass is 9.70. The molecule has 0 radical (unpaired) electrons. The van der Waals surface area contributed by atoms with Crippen molar-refractivity contribution < 1.29 is 13.2 Å². The van der Waals surface area contributed by atoms with Gasteiger partial charge in [-0.25, -0.2) is 0 Å². The quantitative estimate of drug-likeness (QED) is 0.628. The molecule has 26 heavy (non-hydrogen) atoms. The number of alkyl halides is 3. The normalized spacial score (nSPS) is 19.3. The second-order valence-electron chi connectivity index (χ2n) is 7.43. The molecule has 0 heterocycles. The van der Waals surface area contributed by atoms with Crippen LogP contribution in [0.15, 0.2) is 42.5 Å². The molecule has 3 rings (SSSR count). The van der Waals surface area contributed by atoms with E-state index in [1.54, 1.807) is 6.07 Å². The highest BCUT2D eigenvalue weighted by Gasteiger charge is 2.35. The molecule has 0 aliphatic heterocycles. The van der Waals surface area contributed by atoms with Crippen molar-refractivity contribution in [2.45, 2.75) is 44.2 Å². The SMILES string of the molecule is CCC1c2ccccc2C(CCCN(C)C)c2ccc(C(F)(F)F)cc21. The monoisotopic (exact) mass is 361 g/mol. The Labute approximate surface area is 153 Å². The minimum atomic E-state index is -4.30. The lowest BCUT2D eigenvalue weighted by molar-refractivity contribution is -0.137. The largest absolute Gasteiger partial charge is 0.416 e. The number of fused-ring (bicyclic) bond motifs is 2. The van der Waals surface area contributed by atoms with Crippen LogP contribution >= 0.6 is 0 Å². The zero-order valence-corrected chi connectivity index (χ0v) is 15.6. The lowest BCUT2D eigenvalue weighted by Gasteiger charge is -2.34. The Morgan fingerprint density at radius 3 is 2.08 bits per heavy atom. The minimum absolute atomic E-state index is 0.0357. The first-order chi connectivity index (χ1) is 12.3. The predicted molar refractivity (Wildman–Crippen MR) is 99.7 cm³/mol. The molecule has 2 aromatic carbocycles. The van der Waals surface area contributed by atoms with Gasteiger partial charge in [0.15, 0.2) is 0 Å². The predicted octanol–water partition coefficient (Wildman–Crippen LogP) is 6.03. The molecule has 2 atom stereocenters. The van der Waals surface area contributed by atoms with Crippen molar-refractivity contribution in [1.82, 2.24) is 4.90 Å². The Bertz CT molecular complexity index is 764. The molecule has 0 spiro atoms. The van der Waals surface area contributed by atoms with Crippen LogP contribution in [0.2, 0.25) is 0 Å².